The third-order valence-corrected chi connectivity index (χ3v) is 4.93. The molecule has 5 heteroatoms. The Bertz CT molecular complexity index is 1170. The first-order chi connectivity index (χ1) is 15.6. The normalized spacial score (nSPS) is 9.41. The minimum Gasteiger partial charge on any atom is -0.507 e. The van der Waals surface area contributed by atoms with E-state index in [0.29, 0.717) is 16.3 Å². The summed E-state index contributed by atoms with van der Waals surface area (Å²) in [5.41, 5.74) is 3.69. The third kappa shape index (κ3) is 6.95. The minimum atomic E-state index is 0.0744. The van der Waals surface area contributed by atoms with Crippen LogP contribution in [0.3, 0.4) is 0 Å². The van der Waals surface area contributed by atoms with Crippen molar-refractivity contribution in [3.8, 4) is 23.3 Å². The molecular formula is C27H26ClNO2S. The van der Waals surface area contributed by atoms with E-state index in [1.165, 1.54) is 10.9 Å². The van der Waals surface area contributed by atoms with Crippen LogP contribution < -0.4 is 4.18 Å². The molecule has 0 amide bonds. The SMILES string of the molecule is CC.CCc1ccnc2ccccc12.Oc1cccc(Cl)c1C#Cc1ccc(OS)cc1. The van der Waals surface area contributed by atoms with Gasteiger partial charge in [-0.3, -0.25) is 4.98 Å². The highest BCUT2D eigenvalue weighted by atomic mass is 35.5. The fourth-order valence-corrected chi connectivity index (χ4v) is 3.17. The molecule has 0 saturated heterocycles. The second kappa shape index (κ2) is 13.3. The van der Waals surface area contributed by atoms with E-state index in [1.807, 2.05) is 26.1 Å². The molecule has 0 fully saturated rings. The number of hydrogen-bond donors (Lipinski definition) is 2. The Morgan fingerprint density at radius 1 is 0.938 bits per heavy atom. The van der Waals surface area contributed by atoms with Gasteiger partial charge >= 0.3 is 0 Å². The van der Waals surface area contributed by atoms with E-state index in [0.717, 1.165) is 17.5 Å². The van der Waals surface area contributed by atoms with Gasteiger partial charge in [0, 0.05) is 30.1 Å². The maximum Gasteiger partial charge on any atom is 0.137 e. The highest BCUT2D eigenvalue weighted by Gasteiger charge is 2.02. The quantitative estimate of drug-likeness (QED) is 0.184. The molecule has 0 bridgehead atoms. The number of nitrogens with zero attached hydrogens (tertiary/aromatic N) is 1. The molecule has 1 aromatic heterocycles. The van der Waals surface area contributed by atoms with Crippen molar-refractivity contribution in [1.82, 2.24) is 4.98 Å². The molecule has 0 saturated carbocycles. The van der Waals surface area contributed by atoms with E-state index < -0.39 is 0 Å². The van der Waals surface area contributed by atoms with Crippen LogP contribution in [0, 0.1) is 11.8 Å². The van der Waals surface area contributed by atoms with Gasteiger partial charge in [-0.1, -0.05) is 68.5 Å². The number of benzene rings is 3. The van der Waals surface area contributed by atoms with E-state index in [4.69, 9.17) is 15.8 Å². The number of aromatic nitrogens is 1. The number of para-hydroxylation sites is 1. The molecule has 0 atom stereocenters. The van der Waals surface area contributed by atoms with Crippen molar-refractivity contribution >= 4 is 35.4 Å². The van der Waals surface area contributed by atoms with Crippen LogP contribution in [0.1, 0.15) is 37.5 Å². The molecule has 3 nitrogen and oxygen atoms in total. The predicted molar refractivity (Wildman–Crippen MR) is 138 cm³/mol. The van der Waals surface area contributed by atoms with Crippen LogP contribution in [-0.4, -0.2) is 10.1 Å². The Balaban J connectivity index is 0.000000224. The van der Waals surface area contributed by atoms with Crippen LogP contribution in [0.5, 0.6) is 11.5 Å². The fraction of sp³-hybridized carbons (Fsp3) is 0.148. The summed E-state index contributed by atoms with van der Waals surface area (Å²) in [4.78, 5) is 4.29. The highest BCUT2D eigenvalue weighted by molar-refractivity contribution is 7.75. The Morgan fingerprint density at radius 3 is 2.31 bits per heavy atom. The molecule has 1 heterocycles. The lowest BCUT2D eigenvalue weighted by molar-refractivity contribution is 0.474. The number of fused-ring (bicyclic) bond motifs is 1. The maximum absolute atomic E-state index is 9.63. The molecule has 0 aliphatic carbocycles. The predicted octanol–water partition coefficient (Wildman–Crippen LogP) is 7.49. The summed E-state index contributed by atoms with van der Waals surface area (Å²) in [6.07, 6.45) is 2.95. The fourth-order valence-electron chi connectivity index (χ4n) is 2.83. The van der Waals surface area contributed by atoms with Gasteiger partial charge in [0.15, 0.2) is 0 Å². The number of aryl methyl sites for hydroxylation is 1. The van der Waals surface area contributed by atoms with Crippen molar-refractivity contribution in [2.75, 3.05) is 0 Å². The monoisotopic (exact) mass is 463 g/mol. The van der Waals surface area contributed by atoms with Gasteiger partial charge in [-0.05, 0) is 60.5 Å². The molecule has 4 rings (SSSR count). The van der Waals surface area contributed by atoms with Crippen molar-refractivity contribution in [2.24, 2.45) is 0 Å². The molecule has 0 unspecified atom stereocenters. The summed E-state index contributed by atoms with van der Waals surface area (Å²) in [6, 6.07) is 22.3. The second-order valence-electron chi connectivity index (χ2n) is 6.34. The zero-order chi connectivity index (χ0) is 23.3. The van der Waals surface area contributed by atoms with Gasteiger partial charge in [0.25, 0.3) is 0 Å². The molecule has 0 radical (unpaired) electrons. The maximum atomic E-state index is 9.63. The van der Waals surface area contributed by atoms with Gasteiger partial charge in [0.2, 0.25) is 0 Å². The molecule has 1 N–H and O–H groups in total. The zero-order valence-electron chi connectivity index (χ0n) is 18.3. The molecule has 0 aliphatic rings. The lowest BCUT2D eigenvalue weighted by atomic mass is 10.1. The van der Waals surface area contributed by atoms with Crippen molar-refractivity contribution in [3.63, 3.8) is 0 Å². The summed E-state index contributed by atoms with van der Waals surface area (Å²) in [6.45, 7) is 6.17. The number of hydrogen-bond acceptors (Lipinski definition) is 4. The average Bonchev–Trinajstić information content (AvgIpc) is 2.85. The minimum absolute atomic E-state index is 0.0744. The summed E-state index contributed by atoms with van der Waals surface area (Å²) in [5, 5.41) is 11.3. The van der Waals surface area contributed by atoms with E-state index in [2.05, 4.69) is 60.9 Å². The van der Waals surface area contributed by atoms with Gasteiger partial charge in [-0.15, -0.1) is 0 Å². The standard InChI is InChI=1S/C14H9ClO2S.C11H11N.C2H6/c15-13-2-1-3-14(16)12(13)9-6-10-4-7-11(17-18)8-5-10;1-2-9-7-8-12-11-6-4-3-5-10(9)11;1-2/h1-5,7-8,16,18H;3-8H,2H2,1H3;1-2H3. The summed E-state index contributed by atoms with van der Waals surface area (Å²) >= 11 is 9.64. The number of halogens is 1. The van der Waals surface area contributed by atoms with Crippen LogP contribution >= 0.6 is 24.5 Å². The first-order valence-electron chi connectivity index (χ1n) is 10.4. The topological polar surface area (TPSA) is 42.4 Å². The Labute approximate surface area is 200 Å². The second-order valence-corrected chi connectivity index (χ2v) is 6.93. The van der Waals surface area contributed by atoms with Crippen molar-refractivity contribution in [3.05, 3.63) is 101 Å². The molecule has 3 aromatic carbocycles. The summed E-state index contributed by atoms with van der Waals surface area (Å²) in [7, 11) is 0. The first kappa shape index (κ1) is 25.1. The summed E-state index contributed by atoms with van der Waals surface area (Å²) in [5.74, 6) is 6.48. The van der Waals surface area contributed by atoms with Gasteiger partial charge < -0.3 is 9.29 Å². The van der Waals surface area contributed by atoms with Crippen LogP contribution in [0.15, 0.2) is 79.0 Å². The van der Waals surface area contributed by atoms with Gasteiger partial charge in [0.1, 0.15) is 11.5 Å². The van der Waals surface area contributed by atoms with E-state index in [-0.39, 0.29) is 5.75 Å². The Kier molecular flexibility index (Phi) is 10.5. The molecule has 0 aliphatic heterocycles. The highest BCUT2D eigenvalue weighted by Crippen LogP contribution is 2.24. The number of pyridine rings is 1. The van der Waals surface area contributed by atoms with Gasteiger partial charge in [-0.25, -0.2) is 0 Å². The van der Waals surface area contributed by atoms with Gasteiger partial charge in [-0.2, -0.15) is 0 Å². The Hall–Kier alpha value is -3.13. The number of phenolic OH excluding ortho intramolecular Hbond substituents is 1. The average molecular weight is 464 g/mol. The largest absolute Gasteiger partial charge is 0.507 e. The Morgan fingerprint density at radius 2 is 1.66 bits per heavy atom. The molecule has 4 aromatic rings. The number of aromatic hydroxyl groups is 1. The van der Waals surface area contributed by atoms with E-state index in [9.17, 15) is 5.11 Å². The van der Waals surface area contributed by atoms with Crippen LogP contribution in [0.2, 0.25) is 5.02 Å². The smallest absolute Gasteiger partial charge is 0.137 e. The number of phenols is 1. The molecule has 164 valence electrons. The van der Waals surface area contributed by atoms with Crippen LogP contribution in [0.25, 0.3) is 10.9 Å². The molecule has 0 spiro atoms. The van der Waals surface area contributed by atoms with Crippen molar-refractivity contribution in [2.45, 2.75) is 27.2 Å². The van der Waals surface area contributed by atoms with Crippen LogP contribution in [0.4, 0.5) is 0 Å². The lowest BCUT2D eigenvalue weighted by Gasteiger charge is -2.01. The van der Waals surface area contributed by atoms with Crippen LogP contribution in [-0.2, 0) is 6.42 Å². The zero-order valence-corrected chi connectivity index (χ0v) is 20.0. The van der Waals surface area contributed by atoms with E-state index in [1.54, 1.807) is 42.5 Å². The molecule has 32 heavy (non-hydrogen) atoms. The van der Waals surface area contributed by atoms with E-state index >= 15 is 0 Å². The van der Waals surface area contributed by atoms with Crippen molar-refractivity contribution in [1.29, 1.82) is 0 Å². The van der Waals surface area contributed by atoms with Crippen molar-refractivity contribution < 1.29 is 9.29 Å². The van der Waals surface area contributed by atoms with Gasteiger partial charge in [0.05, 0.1) is 16.1 Å². The number of thiol groups is 1. The lowest BCUT2D eigenvalue weighted by Crippen LogP contribution is -1.84. The summed E-state index contributed by atoms with van der Waals surface area (Å²) < 4.78 is 4.76. The molecular weight excluding hydrogens is 438 g/mol. The first-order valence-corrected chi connectivity index (χ1v) is 11.1. The third-order valence-electron chi connectivity index (χ3n) is 4.40. The number of rotatable bonds is 2.